The molecular formula is C13H19ClN2. The van der Waals surface area contributed by atoms with E-state index in [1.807, 2.05) is 13.0 Å². The number of hydrogen-bond acceptors (Lipinski definition) is 2. The van der Waals surface area contributed by atoms with Crippen LogP contribution in [0.1, 0.15) is 31.7 Å². The van der Waals surface area contributed by atoms with Crippen LogP contribution < -0.4 is 5.32 Å². The van der Waals surface area contributed by atoms with E-state index < -0.39 is 0 Å². The van der Waals surface area contributed by atoms with Crippen LogP contribution in [0.4, 0.5) is 0 Å². The van der Waals surface area contributed by atoms with Crippen LogP contribution >= 0.6 is 11.6 Å². The first-order chi connectivity index (χ1) is 7.50. The molecule has 2 nitrogen and oxygen atoms in total. The zero-order valence-electron chi connectivity index (χ0n) is 10.1. The zero-order chi connectivity index (χ0) is 11.8. The Hall–Kier alpha value is -0.600. The number of halogens is 1. The first kappa shape index (κ1) is 11.9. The van der Waals surface area contributed by atoms with E-state index >= 15 is 0 Å². The largest absolute Gasteiger partial charge is 0.308 e. The van der Waals surface area contributed by atoms with Gasteiger partial charge in [-0.2, -0.15) is 0 Å². The summed E-state index contributed by atoms with van der Waals surface area (Å²) in [6.45, 7) is 7.29. The maximum atomic E-state index is 6.19. The lowest BCUT2D eigenvalue weighted by Crippen LogP contribution is -2.57. The quantitative estimate of drug-likeness (QED) is 0.820. The van der Waals surface area contributed by atoms with Crippen LogP contribution in [0.3, 0.4) is 0 Å². The van der Waals surface area contributed by atoms with Crippen molar-refractivity contribution in [2.75, 3.05) is 0 Å². The molecule has 2 rings (SSSR count). The van der Waals surface area contributed by atoms with Crippen LogP contribution in [0.15, 0.2) is 18.2 Å². The van der Waals surface area contributed by atoms with Gasteiger partial charge in [-0.05, 0) is 30.9 Å². The second-order valence-corrected chi connectivity index (χ2v) is 5.76. The fourth-order valence-corrected chi connectivity index (χ4v) is 2.47. The van der Waals surface area contributed by atoms with Crippen LogP contribution in [0, 0.1) is 12.3 Å². The van der Waals surface area contributed by atoms with Crippen molar-refractivity contribution >= 4 is 11.6 Å². The highest BCUT2D eigenvalue weighted by Crippen LogP contribution is 2.44. The molecule has 3 heteroatoms. The Morgan fingerprint density at radius 3 is 2.81 bits per heavy atom. The van der Waals surface area contributed by atoms with Gasteiger partial charge in [0, 0.05) is 23.7 Å². The summed E-state index contributed by atoms with van der Waals surface area (Å²) in [6, 6.07) is 6.64. The molecule has 0 aliphatic heterocycles. The second kappa shape index (κ2) is 4.34. The van der Waals surface area contributed by atoms with Gasteiger partial charge in [-0.25, -0.2) is 0 Å². The molecule has 2 atom stereocenters. The van der Waals surface area contributed by atoms with Crippen LogP contribution in [0.2, 0.25) is 0 Å². The molecule has 0 radical (unpaired) electrons. The Morgan fingerprint density at radius 1 is 1.50 bits per heavy atom. The molecule has 1 aliphatic rings. The van der Waals surface area contributed by atoms with Gasteiger partial charge in [0.25, 0.3) is 0 Å². The summed E-state index contributed by atoms with van der Waals surface area (Å²) in [5.74, 6) is 0. The molecule has 1 fully saturated rings. The van der Waals surface area contributed by atoms with Crippen LogP contribution in [-0.4, -0.2) is 16.4 Å². The van der Waals surface area contributed by atoms with Crippen molar-refractivity contribution in [1.29, 1.82) is 0 Å². The normalized spacial score (nSPS) is 27.5. The number of rotatable bonds is 3. The molecule has 0 amide bonds. The maximum Gasteiger partial charge on any atom is 0.0544 e. The van der Waals surface area contributed by atoms with Crippen LogP contribution in [0.5, 0.6) is 0 Å². The predicted octanol–water partition coefficient (Wildman–Crippen LogP) is 2.89. The predicted molar refractivity (Wildman–Crippen MR) is 67.6 cm³/mol. The Kier molecular flexibility index (Phi) is 3.22. The van der Waals surface area contributed by atoms with Gasteiger partial charge in [0.1, 0.15) is 0 Å². The first-order valence-electron chi connectivity index (χ1n) is 5.80. The summed E-state index contributed by atoms with van der Waals surface area (Å²) >= 11 is 6.19. The topological polar surface area (TPSA) is 24.9 Å². The van der Waals surface area contributed by atoms with E-state index in [-0.39, 0.29) is 5.41 Å². The van der Waals surface area contributed by atoms with E-state index in [9.17, 15) is 0 Å². The third-order valence-corrected chi connectivity index (χ3v) is 4.36. The highest BCUT2D eigenvalue weighted by Gasteiger charge is 2.46. The average Bonchev–Trinajstić information content (AvgIpc) is 2.24. The fourth-order valence-electron chi connectivity index (χ4n) is 2.14. The van der Waals surface area contributed by atoms with E-state index in [4.69, 9.17) is 11.6 Å². The average molecular weight is 239 g/mol. The number of nitrogens with one attached hydrogen (secondary N) is 1. The molecule has 16 heavy (non-hydrogen) atoms. The Morgan fingerprint density at radius 2 is 2.25 bits per heavy atom. The van der Waals surface area contributed by atoms with E-state index in [1.165, 1.54) is 0 Å². The van der Waals surface area contributed by atoms with Gasteiger partial charge in [-0.1, -0.05) is 19.9 Å². The molecule has 0 aromatic carbocycles. The van der Waals surface area contributed by atoms with E-state index in [0.717, 1.165) is 24.4 Å². The minimum Gasteiger partial charge on any atom is -0.308 e. The van der Waals surface area contributed by atoms with Crippen LogP contribution in [0.25, 0.3) is 0 Å². The molecule has 0 saturated heterocycles. The number of nitrogens with zero attached hydrogens (tertiary/aromatic N) is 1. The van der Waals surface area contributed by atoms with Crippen molar-refractivity contribution in [3.8, 4) is 0 Å². The molecule has 0 spiro atoms. The number of pyridine rings is 1. The van der Waals surface area contributed by atoms with E-state index in [0.29, 0.717) is 11.4 Å². The highest BCUT2D eigenvalue weighted by molar-refractivity contribution is 6.21. The number of aromatic nitrogens is 1. The fraction of sp³-hybridized carbons (Fsp3) is 0.615. The molecular weight excluding hydrogens is 220 g/mol. The lowest BCUT2D eigenvalue weighted by molar-refractivity contribution is 0.115. The molecule has 1 aromatic heterocycles. The van der Waals surface area contributed by atoms with Gasteiger partial charge in [0.15, 0.2) is 0 Å². The monoisotopic (exact) mass is 238 g/mol. The SMILES string of the molecule is Cc1cccc(CNC2CC(Cl)C2(C)C)n1. The van der Waals surface area contributed by atoms with Crippen molar-refractivity contribution in [3.05, 3.63) is 29.6 Å². The van der Waals surface area contributed by atoms with Crippen LogP contribution in [-0.2, 0) is 6.54 Å². The summed E-state index contributed by atoms with van der Waals surface area (Å²) in [5.41, 5.74) is 2.38. The smallest absolute Gasteiger partial charge is 0.0544 e. The summed E-state index contributed by atoms with van der Waals surface area (Å²) in [7, 11) is 0. The van der Waals surface area contributed by atoms with Crippen molar-refractivity contribution in [1.82, 2.24) is 10.3 Å². The van der Waals surface area contributed by atoms with Crippen molar-refractivity contribution in [2.45, 2.75) is 45.2 Å². The Labute approximate surface area is 102 Å². The minimum atomic E-state index is 0.200. The van der Waals surface area contributed by atoms with Gasteiger partial charge in [-0.15, -0.1) is 11.6 Å². The van der Waals surface area contributed by atoms with Crippen molar-refractivity contribution in [3.63, 3.8) is 0 Å². The molecule has 0 bridgehead atoms. The molecule has 1 N–H and O–H groups in total. The third-order valence-electron chi connectivity index (χ3n) is 3.62. The van der Waals surface area contributed by atoms with E-state index in [2.05, 4.69) is 36.3 Å². The maximum absolute atomic E-state index is 6.19. The van der Waals surface area contributed by atoms with Gasteiger partial charge >= 0.3 is 0 Å². The van der Waals surface area contributed by atoms with E-state index in [1.54, 1.807) is 0 Å². The first-order valence-corrected chi connectivity index (χ1v) is 6.24. The molecule has 1 saturated carbocycles. The summed E-state index contributed by atoms with van der Waals surface area (Å²) in [5, 5.41) is 3.84. The van der Waals surface area contributed by atoms with Gasteiger partial charge in [-0.3, -0.25) is 4.98 Å². The van der Waals surface area contributed by atoms with Gasteiger partial charge in [0.05, 0.1) is 5.69 Å². The van der Waals surface area contributed by atoms with Gasteiger partial charge < -0.3 is 5.32 Å². The Balaban J connectivity index is 1.89. The number of aryl methyl sites for hydroxylation is 1. The third kappa shape index (κ3) is 2.23. The van der Waals surface area contributed by atoms with Crippen molar-refractivity contribution < 1.29 is 0 Å². The molecule has 1 heterocycles. The standard InChI is InChI=1S/C13H19ClN2/c1-9-5-4-6-10(16-9)8-15-12-7-11(14)13(12,2)3/h4-6,11-12,15H,7-8H2,1-3H3. The number of alkyl halides is 1. The summed E-state index contributed by atoms with van der Waals surface area (Å²) in [6.07, 6.45) is 1.06. The second-order valence-electron chi connectivity index (χ2n) is 5.23. The summed E-state index contributed by atoms with van der Waals surface area (Å²) < 4.78 is 0. The molecule has 1 aliphatic carbocycles. The minimum absolute atomic E-state index is 0.200. The van der Waals surface area contributed by atoms with Gasteiger partial charge in [0.2, 0.25) is 0 Å². The lowest BCUT2D eigenvalue weighted by atomic mass is 9.67. The lowest BCUT2D eigenvalue weighted by Gasteiger charge is -2.49. The Bertz CT molecular complexity index is 376. The molecule has 88 valence electrons. The molecule has 2 unspecified atom stereocenters. The van der Waals surface area contributed by atoms with Crippen molar-refractivity contribution in [2.24, 2.45) is 5.41 Å². The zero-order valence-corrected chi connectivity index (χ0v) is 10.9. The number of hydrogen-bond donors (Lipinski definition) is 1. The highest BCUT2D eigenvalue weighted by atomic mass is 35.5. The molecule has 1 aromatic rings. The summed E-state index contributed by atoms with van der Waals surface area (Å²) in [4.78, 5) is 4.47.